The molecule has 3 aromatic carbocycles. The number of hydrogen-bond acceptors (Lipinski definition) is 5. The molecule has 4 rings (SSSR count). The molecule has 7 heteroatoms. The maximum atomic E-state index is 13.0. The average molecular weight is 444 g/mol. The standard InChI is InChI=1S/C25H25N5OS/c1-2-3-9-19-14-16-20(17-15-19)26-25(31)22-12-7-8-13-23(22)32-18-24-27-28-29-30(24)21-10-5-4-6-11-21/h4-8,10-17H,2-3,9,18H2,1H3,(H,26,31). The fourth-order valence-electron chi connectivity index (χ4n) is 3.32. The molecule has 1 aromatic heterocycles. The minimum Gasteiger partial charge on any atom is -0.322 e. The molecule has 0 radical (unpaired) electrons. The van der Waals surface area contributed by atoms with Crippen LogP contribution in [0.5, 0.6) is 0 Å². The Bertz CT molecular complexity index is 1160. The lowest BCUT2D eigenvalue weighted by Crippen LogP contribution is -2.13. The van der Waals surface area contributed by atoms with E-state index < -0.39 is 0 Å². The van der Waals surface area contributed by atoms with Crippen molar-refractivity contribution < 1.29 is 4.79 Å². The molecule has 0 aliphatic heterocycles. The molecule has 0 saturated carbocycles. The number of nitrogens with one attached hydrogen (secondary N) is 1. The SMILES string of the molecule is CCCCc1ccc(NC(=O)c2ccccc2SCc2nnnn2-c2ccccc2)cc1. The second kappa shape index (κ2) is 10.7. The van der Waals surface area contributed by atoms with Gasteiger partial charge in [-0.05, 0) is 65.2 Å². The smallest absolute Gasteiger partial charge is 0.256 e. The number of aromatic nitrogens is 4. The highest BCUT2D eigenvalue weighted by atomic mass is 32.2. The topological polar surface area (TPSA) is 72.7 Å². The van der Waals surface area contributed by atoms with Crippen LogP contribution in [0, 0.1) is 0 Å². The van der Waals surface area contributed by atoms with Crippen molar-refractivity contribution >= 4 is 23.4 Å². The highest BCUT2D eigenvalue weighted by molar-refractivity contribution is 7.98. The van der Waals surface area contributed by atoms with Crippen LogP contribution in [0.1, 0.15) is 41.5 Å². The van der Waals surface area contributed by atoms with Gasteiger partial charge in [0.1, 0.15) is 0 Å². The Kier molecular flexibility index (Phi) is 7.30. The van der Waals surface area contributed by atoms with Crippen molar-refractivity contribution in [3.63, 3.8) is 0 Å². The van der Waals surface area contributed by atoms with Gasteiger partial charge >= 0.3 is 0 Å². The second-order valence-corrected chi connectivity index (χ2v) is 8.40. The maximum Gasteiger partial charge on any atom is 0.256 e. The molecule has 0 fully saturated rings. The van der Waals surface area contributed by atoms with Crippen LogP contribution in [-0.2, 0) is 12.2 Å². The summed E-state index contributed by atoms with van der Waals surface area (Å²) in [7, 11) is 0. The predicted molar refractivity (Wildman–Crippen MR) is 128 cm³/mol. The molecule has 1 amide bonds. The van der Waals surface area contributed by atoms with Crippen molar-refractivity contribution in [2.45, 2.75) is 36.8 Å². The molecular formula is C25H25N5OS. The number of carbonyl (C=O) groups is 1. The zero-order valence-electron chi connectivity index (χ0n) is 17.9. The molecule has 6 nitrogen and oxygen atoms in total. The Morgan fingerprint density at radius 2 is 1.72 bits per heavy atom. The van der Waals surface area contributed by atoms with Gasteiger partial charge in [-0.25, -0.2) is 0 Å². The minimum absolute atomic E-state index is 0.128. The number of anilines is 1. The lowest BCUT2D eigenvalue weighted by Gasteiger charge is -2.11. The van der Waals surface area contributed by atoms with Gasteiger partial charge < -0.3 is 5.32 Å². The van der Waals surface area contributed by atoms with Crippen molar-refractivity contribution in [2.75, 3.05) is 5.32 Å². The number of thioether (sulfide) groups is 1. The van der Waals surface area contributed by atoms with Gasteiger partial charge in [0, 0.05) is 10.6 Å². The Morgan fingerprint density at radius 1 is 0.969 bits per heavy atom. The van der Waals surface area contributed by atoms with Crippen LogP contribution in [0.2, 0.25) is 0 Å². The summed E-state index contributed by atoms with van der Waals surface area (Å²) >= 11 is 1.54. The van der Waals surface area contributed by atoms with Crippen LogP contribution in [0.4, 0.5) is 5.69 Å². The third-order valence-corrected chi connectivity index (χ3v) is 6.12. The molecule has 32 heavy (non-hydrogen) atoms. The van der Waals surface area contributed by atoms with Crippen LogP contribution in [0.3, 0.4) is 0 Å². The number of tetrazole rings is 1. The van der Waals surface area contributed by atoms with Gasteiger partial charge in [0.15, 0.2) is 5.82 Å². The summed E-state index contributed by atoms with van der Waals surface area (Å²) in [6, 6.07) is 25.5. The molecule has 1 N–H and O–H groups in total. The van der Waals surface area contributed by atoms with Crippen molar-refractivity contribution in [1.82, 2.24) is 20.2 Å². The Hall–Kier alpha value is -3.45. The van der Waals surface area contributed by atoms with Gasteiger partial charge in [0.2, 0.25) is 0 Å². The molecule has 4 aromatic rings. The zero-order valence-corrected chi connectivity index (χ0v) is 18.8. The van der Waals surface area contributed by atoms with Gasteiger partial charge in [-0.2, -0.15) is 4.68 Å². The van der Waals surface area contributed by atoms with Crippen molar-refractivity contribution in [3.05, 3.63) is 95.8 Å². The molecule has 0 unspecified atom stereocenters. The predicted octanol–water partition coefficient (Wildman–Crippen LogP) is 5.55. The summed E-state index contributed by atoms with van der Waals surface area (Å²) in [5.41, 5.74) is 3.62. The van der Waals surface area contributed by atoms with E-state index in [9.17, 15) is 4.79 Å². The molecule has 162 valence electrons. The number of hydrogen-bond donors (Lipinski definition) is 1. The number of nitrogens with zero attached hydrogens (tertiary/aromatic N) is 4. The number of aryl methyl sites for hydroxylation is 1. The molecule has 0 spiro atoms. The van der Waals surface area contributed by atoms with Gasteiger partial charge in [-0.3, -0.25) is 4.79 Å². The first-order valence-corrected chi connectivity index (χ1v) is 11.7. The lowest BCUT2D eigenvalue weighted by atomic mass is 10.1. The van der Waals surface area contributed by atoms with E-state index in [1.807, 2.05) is 66.7 Å². The number of carbonyl (C=O) groups excluding carboxylic acids is 1. The van der Waals surface area contributed by atoms with Crippen LogP contribution in [-0.4, -0.2) is 26.1 Å². The van der Waals surface area contributed by atoms with Crippen LogP contribution in [0.25, 0.3) is 5.69 Å². The maximum absolute atomic E-state index is 13.0. The van der Waals surface area contributed by atoms with E-state index in [0.29, 0.717) is 11.3 Å². The monoisotopic (exact) mass is 443 g/mol. The largest absolute Gasteiger partial charge is 0.322 e. The number of unbranched alkanes of at least 4 members (excludes halogenated alkanes) is 1. The summed E-state index contributed by atoms with van der Waals surface area (Å²) in [5.74, 6) is 1.13. The number of para-hydroxylation sites is 1. The summed E-state index contributed by atoms with van der Waals surface area (Å²) < 4.78 is 1.72. The lowest BCUT2D eigenvalue weighted by molar-refractivity contribution is 0.102. The summed E-state index contributed by atoms with van der Waals surface area (Å²) in [6.07, 6.45) is 3.40. The normalized spacial score (nSPS) is 10.8. The molecule has 0 aliphatic rings. The number of benzene rings is 3. The fraction of sp³-hybridized carbons (Fsp3) is 0.200. The number of amides is 1. The van der Waals surface area contributed by atoms with Crippen molar-refractivity contribution in [1.29, 1.82) is 0 Å². The summed E-state index contributed by atoms with van der Waals surface area (Å²) in [6.45, 7) is 2.19. The molecule has 0 aliphatic carbocycles. The van der Waals surface area contributed by atoms with E-state index in [4.69, 9.17) is 0 Å². The quantitative estimate of drug-likeness (QED) is 0.343. The van der Waals surface area contributed by atoms with E-state index >= 15 is 0 Å². The highest BCUT2D eigenvalue weighted by Gasteiger charge is 2.14. The van der Waals surface area contributed by atoms with Crippen molar-refractivity contribution in [2.24, 2.45) is 0 Å². The zero-order chi connectivity index (χ0) is 22.2. The van der Waals surface area contributed by atoms with E-state index in [1.54, 1.807) is 4.68 Å². The van der Waals surface area contributed by atoms with Crippen LogP contribution < -0.4 is 5.32 Å². The second-order valence-electron chi connectivity index (χ2n) is 7.38. The Labute approximate surface area is 192 Å². The number of rotatable bonds is 9. The van der Waals surface area contributed by atoms with Gasteiger partial charge in [-0.1, -0.05) is 55.8 Å². The first kappa shape index (κ1) is 21.8. The third-order valence-electron chi connectivity index (χ3n) is 5.05. The van der Waals surface area contributed by atoms with Crippen LogP contribution >= 0.6 is 11.8 Å². The average Bonchev–Trinajstić information content (AvgIpc) is 3.32. The van der Waals surface area contributed by atoms with Gasteiger partial charge in [0.25, 0.3) is 5.91 Å². The van der Waals surface area contributed by atoms with Crippen LogP contribution in [0.15, 0.2) is 83.8 Å². The van der Waals surface area contributed by atoms with Gasteiger partial charge in [0.05, 0.1) is 17.0 Å². The summed E-state index contributed by atoms with van der Waals surface area (Å²) in [4.78, 5) is 13.9. The Morgan fingerprint density at radius 3 is 2.50 bits per heavy atom. The van der Waals surface area contributed by atoms with Gasteiger partial charge in [-0.15, -0.1) is 16.9 Å². The van der Waals surface area contributed by atoms with E-state index in [-0.39, 0.29) is 5.91 Å². The molecular weight excluding hydrogens is 418 g/mol. The molecule has 1 heterocycles. The van der Waals surface area contributed by atoms with E-state index in [0.717, 1.165) is 28.5 Å². The Balaban J connectivity index is 1.44. The first-order chi connectivity index (χ1) is 15.7. The van der Waals surface area contributed by atoms with Crippen molar-refractivity contribution in [3.8, 4) is 5.69 Å². The molecule has 0 saturated heterocycles. The summed E-state index contributed by atoms with van der Waals surface area (Å²) in [5, 5.41) is 15.1. The highest BCUT2D eigenvalue weighted by Crippen LogP contribution is 2.27. The first-order valence-electron chi connectivity index (χ1n) is 10.7. The minimum atomic E-state index is -0.128. The third kappa shape index (κ3) is 5.42. The van der Waals surface area contributed by atoms with E-state index in [1.165, 1.54) is 30.2 Å². The molecule has 0 bridgehead atoms. The van der Waals surface area contributed by atoms with E-state index in [2.05, 4.69) is 39.9 Å². The molecule has 0 atom stereocenters. The fourth-order valence-corrected chi connectivity index (χ4v) is 4.28.